The van der Waals surface area contributed by atoms with E-state index in [1.165, 1.54) is 12.2 Å². The fourth-order valence-electron chi connectivity index (χ4n) is 0.0364. The van der Waals surface area contributed by atoms with Crippen molar-refractivity contribution >= 4 is 11.6 Å². The third-order valence-corrected chi connectivity index (χ3v) is 0.285. The first-order chi connectivity index (χ1) is 2.41. The second-order valence-electron chi connectivity index (χ2n) is 0.468. The molecule has 0 N–H and O–H groups in total. The average molecular weight is 86.5 g/mol. The lowest BCUT2D eigenvalue weighted by Crippen LogP contribution is -1.31. The fourth-order valence-corrected chi connectivity index (χ4v) is 0.109. The van der Waals surface area contributed by atoms with E-state index in [2.05, 4.69) is 5.54 Å². The van der Waals surface area contributed by atoms with Gasteiger partial charge in [0.2, 0.25) is 0 Å². The smallest absolute Gasteiger partial charge is 0.0592 e. The zero-order valence-electron chi connectivity index (χ0n) is 2.61. The maximum absolute atomic E-state index is 4.88. The molecular weight excluding hydrogens is 83.5 g/mol. The highest BCUT2D eigenvalue weighted by Crippen LogP contribution is 1.72. The first-order valence-electron chi connectivity index (χ1n) is 1.14. The number of rotatable bonds is 1. The molecule has 0 heterocycles. The minimum atomic E-state index is 1.31. The third-order valence-electron chi connectivity index (χ3n) is 0.159. The van der Waals surface area contributed by atoms with Gasteiger partial charge < -0.3 is 0 Å². The largest absolute Gasteiger partial charge is 0.0827 e. The molecule has 0 aromatic heterocycles. The third kappa shape index (κ3) is 3.77. The Balaban J connectivity index is 2.92. The monoisotopic (exact) mass is 86.0 g/mol. The lowest BCUT2D eigenvalue weighted by atomic mass is 10.6. The molecule has 5 heavy (non-hydrogen) atoms. The summed E-state index contributed by atoms with van der Waals surface area (Å²) in [6, 6.07) is 0. The SMILES string of the molecule is [CH]=C/C=[C]\Cl. The summed E-state index contributed by atoms with van der Waals surface area (Å²) >= 11 is 4.88. The molecule has 0 saturated heterocycles. The van der Waals surface area contributed by atoms with E-state index in [1.807, 2.05) is 0 Å². The maximum atomic E-state index is 4.88. The Kier molecular flexibility index (Phi) is 3.60. The van der Waals surface area contributed by atoms with Gasteiger partial charge >= 0.3 is 0 Å². The van der Waals surface area contributed by atoms with Crippen LogP contribution in [0.5, 0.6) is 0 Å². The molecule has 0 aliphatic rings. The molecule has 0 fully saturated rings. The first kappa shape index (κ1) is 4.77. The molecule has 0 unspecified atom stereocenters. The summed E-state index contributed by atoms with van der Waals surface area (Å²) in [5.41, 5.74) is 2.18. The minimum Gasteiger partial charge on any atom is -0.0827 e. The first-order valence-corrected chi connectivity index (χ1v) is 1.52. The Morgan fingerprint density at radius 2 is 2.40 bits per heavy atom. The minimum absolute atomic E-state index is 1.31. The van der Waals surface area contributed by atoms with E-state index in [0.717, 1.165) is 0 Å². The molecule has 0 aromatic carbocycles. The van der Waals surface area contributed by atoms with Crippen molar-refractivity contribution in [2.75, 3.05) is 0 Å². The van der Waals surface area contributed by atoms with E-state index >= 15 is 0 Å². The molecule has 0 rings (SSSR count). The van der Waals surface area contributed by atoms with Crippen molar-refractivity contribution in [2.45, 2.75) is 0 Å². The normalized spacial score (nSPS) is 9.00. The molecule has 0 aliphatic heterocycles. The fraction of sp³-hybridized carbons (Fsp3) is 0. The number of hydrogen-bond donors (Lipinski definition) is 0. The van der Waals surface area contributed by atoms with Crippen LogP contribution in [0.4, 0.5) is 0 Å². The van der Waals surface area contributed by atoms with E-state index in [-0.39, 0.29) is 0 Å². The van der Waals surface area contributed by atoms with Crippen LogP contribution in [0.2, 0.25) is 0 Å². The van der Waals surface area contributed by atoms with Crippen LogP contribution in [-0.4, -0.2) is 0 Å². The summed E-state index contributed by atoms with van der Waals surface area (Å²) in [4.78, 5) is 0. The van der Waals surface area contributed by atoms with Crippen molar-refractivity contribution in [3.05, 3.63) is 24.3 Å². The molecule has 0 spiro atoms. The Hall–Kier alpha value is -0.230. The van der Waals surface area contributed by atoms with E-state index in [4.69, 9.17) is 18.2 Å². The summed E-state index contributed by atoms with van der Waals surface area (Å²) in [5, 5.41) is 0. The highest BCUT2D eigenvalue weighted by atomic mass is 35.5. The molecule has 0 atom stereocenters. The second kappa shape index (κ2) is 3.77. The lowest BCUT2D eigenvalue weighted by molar-refractivity contribution is 2.04. The van der Waals surface area contributed by atoms with Crippen molar-refractivity contribution in [3.63, 3.8) is 0 Å². The lowest BCUT2D eigenvalue weighted by Gasteiger charge is -1.51. The summed E-state index contributed by atoms with van der Waals surface area (Å²) in [6.45, 7) is 4.81. The number of allylic oxidation sites excluding steroid dienone is 2. The zero-order chi connectivity index (χ0) is 4.12. The van der Waals surface area contributed by atoms with Crippen molar-refractivity contribution in [2.24, 2.45) is 0 Å². The Labute approximate surface area is 36.8 Å². The zero-order valence-corrected chi connectivity index (χ0v) is 3.37. The van der Waals surface area contributed by atoms with Crippen molar-refractivity contribution in [3.8, 4) is 0 Å². The van der Waals surface area contributed by atoms with Gasteiger partial charge in [0.25, 0.3) is 0 Å². The van der Waals surface area contributed by atoms with Gasteiger partial charge in [-0.25, -0.2) is 0 Å². The highest BCUT2D eigenvalue weighted by molar-refractivity contribution is 6.22. The van der Waals surface area contributed by atoms with Crippen molar-refractivity contribution in [1.29, 1.82) is 0 Å². The Bertz CT molecular complexity index is 45.6. The number of halogens is 1. The molecule has 0 amide bonds. The molecule has 2 radical (unpaired) electrons. The van der Waals surface area contributed by atoms with Gasteiger partial charge in [-0.3, -0.25) is 0 Å². The molecular formula is C4H3Cl. The summed E-state index contributed by atoms with van der Waals surface area (Å²) in [5.74, 6) is 0. The maximum Gasteiger partial charge on any atom is 0.0592 e. The van der Waals surface area contributed by atoms with Gasteiger partial charge in [0, 0.05) is 0 Å². The van der Waals surface area contributed by atoms with E-state index in [9.17, 15) is 0 Å². The molecule has 0 bridgehead atoms. The topological polar surface area (TPSA) is 0 Å². The second-order valence-corrected chi connectivity index (χ2v) is 0.686. The molecule has 0 saturated carbocycles. The standard InChI is InChI=1S/C4H3Cl/c1-2-3-4-5/h1-3H. The van der Waals surface area contributed by atoms with Crippen molar-refractivity contribution < 1.29 is 0 Å². The quantitative estimate of drug-likeness (QED) is 0.425. The van der Waals surface area contributed by atoms with Gasteiger partial charge in [-0.15, -0.1) is 0 Å². The predicted molar refractivity (Wildman–Crippen MR) is 22.5 cm³/mol. The van der Waals surface area contributed by atoms with Gasteiger partial charge in [-0.2, -0.15) is 0 Å². The van der Waals surface area contributed by atoms with Crippen LogP contribution in [0, 0.1) is 12.1 Å². The summed E-state index contributed by atoms with van der Waals surface area (Å²) in [6.07, 6.45) is 2.73. The van der Waals surface area contributed by atoms with Gasteiger partial charge in [0.1, 0.15) is 0 Å². The molecule has 0 aliphatic carbocycles. The van der Waals surface area contributed by atoms with Crippen LogP contribution in [0.25, 0.3) is 0 Å². The highest BCUT2D eigenvalue weighted by Gasteiger charge is 1.46. The van der Waals surface area contributed by atoms with Gasteiger partial charge in [-0.1, -0.05) is 24.3 Å². The van der Waals surface area contributed by atoms with Crippen molar-refractivity contribution in [1.82, 2.24) is 0 Å². The summed E-state index contributed by atoms with van der Waals surface area (Å²) in [7, 11) is 0. The van der Waals surface area contributed by atoms with Crippen LogP contribution in [0.1, 0.15) is 0 Å². The van der Waals surface area contributed by atoms with Crippen LogP contribution in [0.15, 0.2) is 12.2 Å². The Morgan fingerprint density at radius 1 is 1.80 bits per heavy atom. The van der Waals surface area contributed by atoms with E-state index in [0.29, 0.717) is 0 Å². The molecule has 1 heteroatoms. The van der Waals surface area contributed by atoms with E-state index in [1.54, 1.807) is 0 Å². The van der Waals surface area contributed by atoms with E-state index < -0.39 is 0 Å². The van der Waals surface area contributed by atoms with Gasteiger partial charge in [0.15, 0.2) is 0 Å². The van der Waals surface area contributed by atoms with Crippen LogP contribution in [0.3, 0.4) is 0 Å². The molecule has 26 valence electrons. The van der Waals surface area contributed by atoms with Gasteiger partial charge in [-0.05, 0) is 6.08 Å². The van der Waals surface area contributed by atoms with Gasteiger partial charge in [0.05, 0.1) is 5.54 Å². The average Bonchev–Trinajstić information content (AvgIpc) is 1.41. The van der Waals surface area contributed by atoms with Crippen LogP contribution in [-0.2, 0) is 0 Å². The predicted octanol–water partition coefficient (Wildman–Crippen LogP) is 1.53. The van der Waals surface area contributed by atoms with Crippen LogP contribution < -0.4 is 0 Å². The molecule has 0 aromatic rings. The van der Waals surface area contributed by atoms with Crippen LogP contribution >= 0.6 is 11.6 Å². The Morgan fingerprint density at radius 3 is 2.40 bits per heavy atom. The number of hydrogen-bond acceptors (Lipinski definition) is 0. The summed E-state index contributed by atoms with van der Waals surface area (Å²) < 4.78 is 0. The molecule has 0 nitrogen and oxygen atoms in total.